The van der Waals surface area contributed by atoms with Crippen molar-refractivity contribution in [3.8, 4) is 5.69 Å². The van der Waals surface area contributed by atoms with E-state index in [2.05, 4.69) is 17.0 Å². The lowest BCUT2D eigenvalue weighted by Gasteiger charge is -2.40. The molecule has 6 nitrogen and oxygen atoms in total. The Morgan fingerprint density at radius 2 is 1.81 bits per heavy atom. The molecule has 1 amide bonds. The normalized spacial score (nSPS) is 15.2. The van der Waals surface area contributed by atoms with E-state index >= 15 is 0 Å². The molecule has 1 aromatic heterocycles. The smallest absolute Gasteiger partial charge is 0.310 e. The highest BCUT2D eigenvalue weighted by molar-refractivity contribution is 8.45. The summed E-state index contributed by atoms with van der Waals surface area (Å²) in [6, 6.07) is 6.84. The number of nitrogens with one attached hydrogen (secondary N) is 1. The third-order valence-corrected chi connectivity index (χ3v) is 5.65. The number of carbonyl (C=O) groups is 1. The minimum Gasteiger partial charge on any atom is -0.393 e. The highest BCUT2D eigenvalue weighted by Crippen LogP contribution is 3.02. The van der Waals surface area contributed by atoms with Crippen LogP contribution in [0.3, 0.4) is 0 Å². The largest absolute Gasteiger partial charge is 0.393 e. The molecule has 1 heterocycles. The first-order valence-electron chi connectivity index (χ1n) is 8.79. The van der Waals surface area contributed by atoms with Crippen LogP contribution in [0.5, 0.6) is 0 Å². The molecule has 0 fully saturated rings. The highest BCUT2D eigenvalue weighted by atomic mass is 32.5. The summed E-state index contributed by atoms with van der Waals surface area (Å²) >= 11 is 0. The minimum atomic E-state index is -9.82. The van der Waals surface area contributed by atoms with Crippen molar-refractivity contribution in [3.63, 3.8) is 0 Å². The fourth-order valence-electron chi connectivity index (χ4n) is 3.06. The predicted octanol–water partition coefficient (Wildman–Crippen LogP) is 4.51. The van der Waals surface area contributed by atoms with Crippen LogP contribution >= 0.6 is 10.2 Å². The van der Waals surface area contributed by atoms with Crippen molar-refractivity contribution in [1.29, 1.82) is 0 Å². The Bertz CT molecular complexity index is 1160. The maximum atomic E-state index is 13.0. The van der Waals surface area contributed by atoms with Crippen LogP contribution in [0.2, 0.25) is 0 Å². The van der Waals surface area contributed by atoms with Crippen molar-refractivity contribution in [3.05, 3.63) is 66.4 Å². The summed E-state index contributed by atoms with van der Waals surface area (Å²) in [5.74, 6) is -0.511. The van der Waals surface area contributed by atoms with E-state index in [0.29, 0.717) is 10.9 Å². The molecule has 3 aromatic rings. The molecule has 1 atom stereocenters. The van der Waals surface area contributed by atoms with Crippen LogP contribution in [0.4, 0.5) is 19.4 Å². The van der Waals surface area contributed by atoms with Gasteiger partial charge in [0, 0.05) is 5.39 Å². The summed E-state index contributed by atoms with van der Waals surface area (Å²) in [6.45, 7) is 2.60. The van der Waals surface area contributed by atoms with Gasteiger partial charge < -0.3 is 15.5 Å². The number of fused-ring (bicyclic) bond motifs is 1. The molecule has 0 unspecified atom stereocenters. The second kappa shape index (κ2) is 7.04. The number of hydrogen-bond acceptors (Lipinski definition) is 4. The van der Waals surface area contributed by atoms with Gasteiger partial charge in [0.1, 0.15) is 11.0 Å². The van der Waals surface area contributed by atoms with Crippen molar-refractivity contribution >= 4 is 27.0 Å². The van der Waals surface area contributed by atoms with Crippen molar-refractivity contribution < 1.29 is 34.4 Å². The lowest BCUT2D eigenvalue weighted by atomic mass is 10.0. The molecule has 0 spiro atoms. The monoisotopic (exact) mass is 463 g/mol. The van der Waals surface area contributed by atoms with Crippen LogP contribution < -0.4 is 5.32 Å². The number of aliphatic hydroxyl groups is 2. The average Bonchev–Trinajstić information content (AvgIpc) is 3.08. The summed E-state index contributed by atoms with van der Waals surface area (Å²) in [4.78, 5) is 9.51. The number of halogens is 5. The Morgan fingerprint density at radius 3 is 2.35 bits per heavy atom. The molecule has 168 valence electrons. The molecule has 0 aliphatic heterocycles. The number of aliphatic hydroxyl groups excluding tert-OH is 2. The summed E-state index contributed by atoms with van der Waals surface area (Å²) in [5, 5.41) is 26.6. The van der Waals surface area contributed by atoms with E-state index in [9.17, 15) is 34.4 Å². The summed E-state index contributed by atoms with van der Waals surface area (Å²) < 4.78 is 66.2. The fourth-order valence-corrected chi connectivity index (χ4v) is 3.71. The predicted molar refractivity (Wildman–Crippen MR) is 107 cm³/mol. The maximum Gasteiger partial charge on any atom is 0.310 e. The molecule has 0 aliphatic rings. The molecule has 31 heavy (non-hydrogen) atoms. The lowest BCUT2D eigenvalue weighted by molar-refractivity contribution is -0.116. The zero-order valence-electron chi connectivity index (χ0n) is 15.8. The average molecular weight is 463 g/mol. The van der Waals surface area contributed by atoms with Crippen LogP contribution in [0, 0.1) is 0 Å². The fraction of sp³-hybridized carbons (Fsp3) is 0.158. The van der Waals surface area contributed by atoms with Gasteiger partial charge in [-0.05, 0) is 42.0 Å². The zero-order chi connectivity index (χ0) is 23.1. The molecule has 0 bridgehead atoms. The third-order valence-electron chi connectivity index (χ3n) is 4.49. The minimum absolute atomic E-state index is 0.0486. The van der Waals surface area contributed by atoms with Gasteiger partial charge in [0.15, 0.2) is 0 Å². The molecule has 3 N–H and O–H groups in total. The van der Waals surface area contributed by atoms with Crippen LogP contribution in [0.15, 0.2) is 60.0 Å². The lowest BCUT2D eigenvalue weighted by Crippen LogP contribution is -2.20. The van der Waals surface area contributed by atoms with Crippen molar-refractivity contribution in [2.24, 2.45) is 0 Å². The van der Waals surface area contributed by atoms with E-state index in [1.54, 1.807) is 6.07 Å². The van der Waals surface area contributed by atoms with Gasteiger partial charge in [0.05, 0.1) is 30.0 Å². The van der Waals surface area contributed by atoms with Crippen LogP contribution in [-0.4, -0.2) is 32.5 Å². The van der Waals surface area contributed by atoms with Gasteiger partial charge in [0.2, 0.25) is 5.91 Å². The first-order valence-corrected chi connectivity index (χ1v) is 10.7. The number of aromatic nitrogens is 2. The summed E-state index contributed by atoms with van der Waals surface area (Å²) in [6.07, 6.45) is -0.257. The zero-order valence-corrected chi connectivity index (χ0v) is 16.6. The first kappa shape index (κ1) is 22.7. The van der Waals surface area contributed by atoms with Gasteiger partial charge in [-0.3, -0.25) is 4.79 Å². The Morgan fingerprint density at radius 1 is 1.16 bits per heavy atom. The van der Waals surface area contributed by atoms with Crippen LogP contribution in [0.25, 0.3) is 16.6 Å². The topological polar surface area (TPSA) is 87.4 Å². The molecular formula is C19H18F5N3O3S. The quantitative estimate of drug-likeness (QED) is 0.356. The van der Waals surface area contributed by atoms with Crippen molar-refractivity contribution in [1.82, 2.24) is 15.1 Å². The number of amides is 1. The van der Waals surface area contributed by atoms with Gasteiger partial charge in [-0.2, -0.15) is 5.10 Å². The number of hydrogen-bond donors (Lipinski definition) is 3. The van der Waals surface area contributed by atoms with E-state index in [4.69, 9.17) is 0 Å². The van der Waals surface area contributed by atoms with E-state index in [1.807, 2.05) is 0 Å². The Hall–Kier alpha value is -2.96. The molecule has 0 saturated heterocycles. The number of rotatable bonds is 7. The molecule has 0 radical (unpaired) electrons. The van der Waals surface area contributed by atoms with E-state index in [0.717, 1.165) is 18.2 Å². The molecule has 12 heteroatoms. The van der Waals surface area contributed by atoms with Crippen molar-refractivity contribution in [2.75, 3.05) is 6.61 Å². The van der Waals surface area contributed by atoms with Crippen LogP contribution in [0.1, 0.15) is 17.4 Å². The number of benzene rings is 2. The summed E-state index contributed by atoms with van der Waals surface area (Å²) in [7, 11) is -9.82. The second-order valence-electron chi connectivity index (χ2n) is 6.68. The highest BCUT2D eigenvalue weighted by Gasteiger charge is 2.65. The van der Waals surface area contributed by atoms with Crippen LogP contribution in [-0.2, 0) is 11.3 Å². The first-order chi connectivity index (χ1) is 14.2. The van der Waals surface area contributed by atoms with E-state index < -0.39 is 33.7 Å². The van der Waals surface area contributed by atoms with Gasteiger partial charge in [-0.25, -0.2) is 4.68 Å². The molecular weight excluding hydrogens is 445 g/mol. The summed E-state index contributed by atoms with van der Waals surface area (Å²) in [5.41, 5.74) is 0.892. The Balaban J connectivity index is 2.17. The van der Waals surface area contributed by atoms with Gasteiger partial charge in [-0.15, -0.1) is 0 Å². The molecule has 2 aromatic carbocycles. The third kappa shape index (κ3) is 4.70. The van der Waals surface area contributed by atoms with E-state index in [1.165, 1.54) is 16.8 Å². The SMILES string of the molecule is C=CC(=O)NCc1nn(-c2ccc(S(F)(F)(F)(F)F)cc2)c2cccc([C@@H](O)CO)c12. The maximum absolute atomic E-state index is 13.0. The standard InChI is InChI=1S/C19H18F5N3O3S/c1-2-18(30)25-10-15-19-14(17(29)11-28)4-3-5-16(19)27(26-15)12-6-8-13(9-7-12)31(20,21,22,23)24/h2-9,17,28-29H,1,10-11H2,(H,25,30)/t17-/m0/s1. The molecule has 0 saturated carbocycles. The Kier molecular flexibility index (Phi) is 5.16. The van der Waals surface area contributed by atoms with Gasteiger partial charge >= 0.3 is 10.2 Å². The van der Waals surface area contributed by atoms with Crippen molar-refractivity contribution in [2.45, 2.75) is 17.5 Å². The van der Waals surface area contributed by atoms with E-state index in [-0.39, 0.29) is 35.6 Å². The van der Waals surface area contributed by atoms with Gasteiger partial charge in [-0.1, -0.05) is 38.1 Å². The molecule has 0 aliphatic carbocycles. The Labute approximate surface area is 173 Å². The number of carbonyl (C=O) groups excluding carboxylic acids is 1. The molecule has 3 rings (SSSR count). The second-order valence-corrected chi connectivity index (χ2v) is 9.09. The number of nitrogens with zero attached hydrogens (tertiary/aromatic N) is 2. The van der Waals surface area contributed by atoms with Gasteiger partial charge in [0.25, 0.3) is 0 Å².